The third-order valence-corrected chi connectivity index (χ3v) is 2.20. The highest BCUT2D eigenvalue weighted by molar-refractivity contribution is 7.12. The molecule has 0 aliphatic heterocycles. The molecule has 0 radical (unpaired) electrons. The van der Waals surface area contributed by atoms with Crippen molar-refractivity contribution < 1.29 is 0 Å². The Hall–Kier alpha value is -0.940. The van der Waals surface area contributed by atoms with Crippen LogP contribution in [-0.2, 0) is 0 Å². The van der Waals surface area contributed by atoms with Gasteiger partial charge < -0.3 is 0 Å². The first kappa shape index (κ1) is 6.75. The fourth-order valence-electron chi connectivity index (χ4n) is 0.746. The summed E-state index contributed by atoms with van der Waals surface area (Å²) in [4.78, 5) is 17.3. The lowest BCUT2D eigenvalue weighted by Crippen LogP contribution is -2.08. The monoisotopic (exact) mass is 187 g/mol. The van der Waals surface area contributed by atoms with Crippen LogP contribution < -0.4 is 5.69 Å². The predicted molar refractivity (Wildman–Crippen MR) is 43.0 cm³/mol. The lowest BCUT2D eigenvalue weighted by atomic mass is 10.5. The van der Waals surface area contributed by atoms with Gasteiger partial charge in [-0.2, -0.15) is 9.36 Å². The molecule has 0 fully saturated rings. The van der Waals surface area contributed by atoms with Gasteiger partial charge in [0.05, 0.1) is 11.6 Å². The molecule has 0 amide bonds. The summed E-state index contributed by atoms with van der Waals surface area (Å²) in [5.41, 5.74) is -0.438. The van der Waals surface area contributed by atoms with Gasteiger partial charge in [0.2, 0.25) is 0 Å². The van der Waals surface area contributed by atoms with Crippen molar-refractivity contribution in [3.05, 3.63) is 21.8 Å². The lowest BCUT2D eigenvalue weighted by molar-refractivity contribution is 1.13. The lowest BCUT2D eigenvalue weighted by Gasteiger charge is -1.88. The molecule has 0 atom stereocenters. The van der Waals surface area contributed by atoms with Gasteiger partial charge in [0.25, 0.3) is 0 Å². The van der Waals surface area contributed by atoms with Crippen LogP contribution in [0.5, 0.6) is 0 Å². The van der Waals surface area contributed by atoms with Crippen LogP contribution in [0.15, 0.2) is 11.0 Å². The van der Waals surface area contributed by atoms with Crippen molar-refractivity contribution in [1.82, 2.24) is 14.3 Å². The van der Waals surface area contributed by atoms with Crippen molar-refractivity contribution in [3.63, 3.8) is 0 Å². The number of fused-ring (bicyclic) bond motifs is 1. The summed E-state index contributed by atoms with van der Waals surface area (Å²) < 4.78 is 3.84. The fourth-order valence-corrected chi connectivity index (χ4v) is 1.66. The van der Waals surface area contributed by atoms with Crippen molar-refractivity contribution in [3.8, 4) is 0 Å². The molecule has 0 aliphatic rings. The molecule has 0 spiro atoms. The summed E-state index contributed by atoms with van der Waals surface area (Å²) >= 11 is 6.82. The standard InChI is InChI=1S/C5H2ClN3OS/c6-3-2-1-7-11-4(2)9-5(10)8-3/h1H,(H,8,9,10). The number of halogens is 1. The Kier molecular flexibility index (Phi) is 1.40. The molecule has 4 nitrogen and oxygen atoms in total. The van der Waals surface area contributed by atoms with Crippen LogP contribution in [0.3, 0.4) is 0 Å². The Morgan fingerprint density at radius 1 is 1.64 bits per heavy atom. The van der Waals surface area contributed by atoms with Crippen LogP contribution >= 0.6 is 23.1 Å². The van der Waals surface area contributed by atoms with Gasteiger partial charge in [0, 0.05) is 0 Å². The molecule has 0 saturated carbocycles. The molecule has 2 heterocycles. The molecule has 2 aromatic rings. The molecule has 0 unspecified atom stereocenters. The Labute approximate surface area is 70.0 Å². The molecule has 56 valence electrons. The summed E-state index contributed by atoms with van der Waals surface area (Å²) in [6.45, 7) is 0. The maximum absolute atomic E-state index is 10.7. The van der Waals surface area contributed by atoms with Crippen LogP contribution in [0, 0.1) is 0 Å². The van der Waals surface area contributed by atoms with Crippen LogP contribution in [0.1, 0.15) is 0 Å². The van der Waals surface area contributed by atoms with Crippen LogP contribution in [-0.4, -0.2) is 14.3 Å². The minimum Gasteiger partial charge on any atom is -0.296 e. The van der Waals surface area contributed by atoms with Gasteiger partial charge in [-0.25, -0.2) is 4.79 Å². The van der Waals surface area contributed by atoms with Crippen molar-refractivity contribution in [2.24, 2.45) is 0 Å². The first-order chi connectivity index (χ1) is 5.27. The highest BCUT2D eigenvalue weighted by atomic mass is 35.5. The first-order valence-electron chi connectivity index (χ1n) is 2.77. The van der Waals surface area contributed by atoms with Gasteiger partial charge in [0.1, 0.15) is 5.15 Å². The largest absolute Gasteiger partial charge is 0.347 e. The highest BCUT2D eigenvalue weighted by Gasteiger charge is 2.03. The van der Waals surface area contributed by atoms with Gasteiger partial charge in [-0.3, -0.25) is 4.98 Å². The fraction of sp³-hybridized carbons (Fsp3) is 0. The summed E-state index contributed by atoms with van der Waals surface area (Å²) in [6.07, 6.45) is 1.57. The zero-order valence-corrected chi connectivity index (χ0v) is 6.74. The van der Waals surface area contributed by atoms with E-state index in [1.165, 1.54) is 0 Å². The third kappa shape index (κ3) is 1.02. The summed E-state index contributed by atoms with van der Waals surface area (Å²) in [5.74, 6) is 0. The second-order valence-corrected chi connectivity index (χ2v) is 3.06. The molecule has 0 saturated heterocycles. The second kappa shape index (κ2) is 2.28. The van der Waals surface area contributed by atoms with E-state index in [0.717, 1.165) is 11.5 Å². The summed E-state index contributed by atoms with van der Waals surface area (Å²) in [5, 5.41) is 0.991. The summed E-state index contributed by atoms with van der Waals surface area (Å²) in [7, 11) is 0. The number of aromatic nitrogens is 3. The predicted octanol–water partition coefficient (Wildman–Crippen LogP) is 1.03. The van der Waals surface area contributed by atoms with Crippen LogP contribution in [0.25, 0.3) is 10.2 Å². The number of nitrogens with one attached hydrogen (secondary N) is 1. The number of aromatic amines is 1. The molecule has 0 aliphatic carbocycles. The molecule has 2 rings (SSSR count). The Balaban J connectivity index is 3.02. The van der Waals surface area contributed by atoms with Gasteiger partial charge in [0.15, 0.2) is 4.83 Å². The third-order valence-electron chi connectivity index (χ3n) is 1.21. The molecule has 0 aromatic carbocycles. The van der Waals surface area contributed by atoms with Crippen molar-refractivity contribution in [2.75, 3.05) is 0 Å². The van der Waals surface area contributed by atoms with Gasteiger partial charge in [-0.05, 0) is 11.5 Å². The van der Waals surface area contributed by atoms with E-state index in [4.69, 9.17) is 11.6 Å². The Morgan fingerprint density at radius 2 is 2.45 bits per heavy atom. The number of hydrogen-bond acceptors (Lipinski definition) is 4. The van der Waals surface area contributed by atoms with Crippen molar-refractivity contribution >= 4 is 33.4 Å². The zero-order valence-electron chi connectivity index (χ0n) is 5.17. The second-order valence-electron chi connectivity index (χ2n) is 1.90. The van der Waals surface area contributed by atoms with Gasteiger partial charge in [-0.1, -0.05) is 11.6 Å². The zero-order chi connectivity index (χ0) is 7.84. The van der Waals surface area contributed by atoms with Crippen molar-refractivity contribution in [2.45, 2.75) is 0 Å². The van der Waals surface area contributed by atoms with E-state index < -0.39 is 5.69 Å². The van der Waals surface area contributed by atoms with Crippen LogP contribution in [0.2, 0.25) is 5.15 Å². The number of H-pyrrole nitrogens is 1. The molecule has 2 aromatic heterocycles. The maximum atomic E-state index is 10.7. The smallest absolute Gasteiger partial charge is 0.296 e. The van der Waals surface area contributed by atoms with Gasteiger partial charge >= 0.3 is 5.69 Å². The van der Waals surface area contributed by atoms with Gasteiger partial charge in [-0.15, -0.1) is 0 Å². The van der Waals surface area contributed by atoms with Crippen molar-refractivity contribution in [1.29, 1.82) is 0 Å². The molecule has 1 N–H and O–H groups in total. The molecule has 6 heteroatoms. The van der Waals surface area contributed by atoms with Crippen LogP contribution in [0.4, 0.5) is 0 Å². The minimum atomic E-state index is -0.438. The van der Waals surface area contributed by atoms with E-state index in [0.29, 0.717) is 15.4 Å². The topological polar surface area (TPSA) is 58.6 Å². The average Bonchev–Trinajstić information content (AvgIpc) is 2.34. The van der Waals surface area contributed by atoms with E-state index >= 15 is 0 Å². The normalized spacial score (nSPS) is 10.6. The first-order valence-corrected chi connectivity index (χ1v) is 3.93. The van der Waals surface area contributed by atoms with E-state index in [-0.39, 0.29) is 0 Å². The minimum absolute atomic E-state index is 0.300. The van der Waals surface area contributed by atoms with E-state index in [1.807, 2.05) is 0 Å². The number of hydrogen-bond donors (Lipinski definition) is 1. The molecule has 0 bridgehead atoms. The molecular formula is C5H2ClN3OS. The highest BCUT2D eigenvalue weighted by Crippen LogP contribution is 2.19. The molecule has 11 heavy (non-hydrogen) atoms. The quantitative estimate of drug-likeness (QED) is 0.627. The number of nitrogens with zero attached hydrogens (tertiary/aromatic N) is 2. The van der Waals surface area contributed by atoms with E-state index in [1.54, 1.807) is 6.20 Å². The maximum Gasteiger partial charge on any atom is 0.347 e. The molecular weight excluding hydrogens is 186 g/mol. The van der Waals surface area contributed by atoms with E-state index in [2.05, 4.69) is 14.3 Å². The average molecular weight is 188 g/mol. The summed E-state index contributed by atoms with van der Waals surface area (Å²) in [6, 6.07) is 0. The SMILES string of the molecule is O=c1nc2sncc2c(Cl)[nH]1. The Morgan fingerprint density at radius 3 is 3.27 bits per heavy atom. The van der Waals surface area contributed by atoms with E-state index in [9.17, 15) is 4.79 Å². The number of rotatable bonds is 0. The Bertz CT molecular complexity index is 448.